The molecule has 0 bridgehead atoms. The first kappa shape index (κ1) is 20.4. The second-order valence-electron chi connectivity index (χ2n) is 6.90. The van der Waals surface area contributed by atoms with Gasteiger partial charge in [0.05, 0.1) is 17.1 Å². The third kappa shape index (κ3) is 4.08. The topological polar surface area (TPSA) is 109 Å². The van der Waals surface area contributed by atoms with Gasteiger partial charge in [0.25, 0.3) is 11.6 Å². The highest BCUT2D eigenvalue weighted by Gasteiger charge is 2.28. The molecule has 9 nitrogen and oxygen atoms in total. The fraction of sp³-hybridized carbons (Fsp3) is 0.400. The van der Waals surface area contributed by atoms with E-state index in [4.69, 9.17) is 4.74 Å². The lowest BCUT2D eigenvalue weighted by Crippen LogP contribution is -2.49. The standard InChI is InChI=1S/C20H24N4O5/c1-4-29-20(26)18-13(2)17(14(3)21-18)19(25)23-11-9-22(10-12-23)15-5-7-16(8-6-15)24(27)28/h5-8,21H,4,9-12H2,1-3H3. The summed E-state index contributed by atoms with van der Waals surface area (Å²) in [6.07, 6.45) is 0. The van der Waals surface area contributed by atoms with Gasteiger partial charge in [0, 0.05) is 49.7 Å². The van der Waals surface area contributed by atoms with Gasteiger partial charge in [-0.2, -0.15) is 0 Å². The lowest BCUT2D eigenvalue weighted by Gasteiger charge is -2.36. The normalized spacial score (nSPS) is 14.0. The molecule has 1 amide bonds. The molecular formula is C20H24N4O5. The number of nitrogens with one attached hydrogen (secondary N) is 1. The number of anilines is 1. The number of H-pyrrole nitrogens is 1. The number of piperazine rings is 1. The van der Waals surface area contributed by atoms with Gasteiger partial charge >= 0.3 is 5.97 Å². The molecule has 1 N–H and O–H groups in total. The van der Waals surface area contributed by atoms with Crippen molar-refractivity contribution < 1.29 is 19.2 Å². The first-order valence-corrected chi connectivity index (χ1v) is 9.48. The van der Waals surface area contributed by atoms with Crippen LogP contribution in [0.15, 0.2) is 24.3 Å². The van der Waals surface area contributed by atoms with E-state index in [1.807, 2.05) is 0 Å². The predicted molar refractivity (Wildman–Crippen MR) is 107 cm³/mol. The number of carbonyl (C=O) groups excluding carboxylic acids is 2. The summed E-state index contributed by atoms with van der Waals surface area (Å²) in [6, 6.07) is 6.41. The van der Waals surface area contributed by atoms with Crippen molar-refractivity contribution in [2.75, 3.05) is 37.7 Å². The van der Waals surface area contributed by atoms with Crippen LogP contribution in [-0.2, 0) is 4.74 Å². The minimum Gasteiger partial charge on any atom is -0.461 e. The van der Waals surface area contributed by atoms with Crippen molar-refractivity contribution in [1.29, 1.82) is 0 Å². The fourth-order valence-electron chi connectivity index (χ4n) is 3.59. The van der Waals surface area contributed by atoms with Crippen LogP contribution in [0.25, 0.3) is 0 Å². The van der Waals surface area contributed by atoms with E-state index in [-0.39, 0.29) is 18.2 Å². The van der Waals surface area contributed by atoms with Gasteiger partial charge in [0.2, 0.25) is 0 Å². The Kier molecular flexibility index (Phi) is 5.86. The third-order valence-electron chi connectivity index (χ3n) is 5.12. The average Bonchev–Trinajstić information content (AvgIpc) is 3.02. The summed E-state index contributed by atoms with van der Waals surface area (Å²) in [5, 5.41) is 10.8. The zero-order valence-corrected chi connectivity index (χ0v) is 16.7. The molecule has 154 valence electrons. The number of hydrogen-bond acceptors (Lipinski definition) is 6. The zero-order chi connectivity index (χ0) is 21.1. The molecule has 29 heavy (non-hydrogen) atoms. The summed E-state index contributed by atoms with van der Waals surface area (Å²) < 4.78 is 5.04. The van der Waals surface area contributed by atoms with Gasteiger partial charge in [0.15, 0.2) is 0 Å². The molecule has 1 aliphatic heterocycles. The number of nitrogens with zero attached hydrogens (tertiary/aromatic N) is 3. The second-order valence-corrected chi connectivity index (χ2v) is 6.90. The van der Waals surface area contributed by atoms with E-state index in [9.17, 15) is 19.7 Å². The Bertz CT molecular complexity index is 927. The molecule has 0 aliphatic carbocycles. The van der Waals surface area contributed by atoms with Crippen LogP contribution in [0.3, 0.4) is 0 Å². The summed E-state index contributed by atoms with van der Waals surface area (Å²) in [6.45, 7) is 7.81. The molecule has 0 saturated carbocycles. The summed E-state index contributed by atoms with van der Waals surface area (Å²) >= 11 is 0. The van der Waals surface area contributed by atoms with E-state index in [1.54, 1.807) is 37.8 Å². The molecule has 0 unspecified atom stereocenters. The number of ether oxygens (including phenoxy) is 1. The Balaban J connectivity index is 1.69. The predicted octanol–water partition coefficient (Wildman–Crippen LogP) is 2.68. The average molecular weight is 400 g/mol. The van der Waals surface area contributed by atoms with Crippen molar-refractivity contribution in [3.8, 4) is 0 Å². The number of esters is 1. The quantitative estimate of drug-likeness (QED) is 0.470. The first-order chi connectivity index (χ1) is 13.8. The van der Waals surface area contributed by atoms with Gasteiger partial charge < -0.3 is 19.5 Å². The van der Waals surface area contributed by atoms with E-state index >= 15 is 0 Å². The Hall–Kier alpha value is -3.36. The number of benzene rings is 1. The number of amides is 1. The van der Waals surface area contributed by atoms with Crippen molar-refractivity contribution in [1.82, 2.24) is 9.88 Å². The van der Waals surface area contributed by atoms with E-state index < -0.39 is 10.9 Å². The van der Waals surface area contributed by atoms with Gasteiger partial charge in [-0.1, -0.05) is 0 Å². The first-order valence-electron chi connectivity index (χ1n) is 9.48. The number of nitro benzene ring substituents is 1. The molecule has 9 heteroatoms. The molecule has 1 fully saturated rings. The third-order valence-corrected chi connectivity index (χ3v) is 5.12. The minimum atomic E-state index is -0.463. The number of aryl methyl sites for hydroxylation is 1. The highest BCUT2D eigenvalue weighted by molar-refractivity contribution is 6.01. The maximum Gasteiger partial charge on any atom is 0.355 e. The number of hydrogen-bond donors (Lipinski definition) is 1. The van der Waals surface area contributed by atoms with Gasteiger partial charge in [-0.3, -0.25) is 14.9 Å². The molecule has 1 aromatic carbocycles. The molecule has 2 aromatic rings. The van der Waals surface area contributed by atoms with Crippen LogP contribution in [-0.4, -0.2) is 59.5 Å². The van der Waals surface area contributed by atoms with E-state index in [0.29, 0.717) is 48.7 Å². The zero-order valence-electron chi connectivity index (χ0n) is 16.7. The fourth-order valence-corrected chi connectivity index (χ4v) is 3.59. The largest absolute Gasteiger partial charge is 0.461 e. The molecule has 1 aromatic heterocycles. The molecule has 0 radical (unpaired) electrons. The number of carbonyl (C=O) groups is 2. The van der Waals surface area contributed by atoms with Crippen LogP contribution < -0.4 is 4.90 Å². The van der Waals surface area contributed by atoms with Crippen molar-refractivity contribution in [3.05, 3.63) is 56.9 Å². The number of rotatable bonds is 5. The van der Waals surface area contributed by atoms with Crippen molar-refractivity contribution in [2.45, 2.75) is 20.8 Å². The van der Waals surface area contributed by atoms with Crippen LogP contribution in [0.1, 0.15) is 39.0 Å². The number of nitro groups is 1. The number of non-ortho nitro benzene ring substituents is 1. The van der Waals surface area contributed by atoms with Crippen LogP contribution in [0.5, 0.6) is 0 Å². The molecule has 1 aliphatic rings. The monoisotopic (exact) mass is 400 g/mol. The smallest absolute Gasteiger partial charge is 0.355 e. The molecule has 1 saturated heterocycles. The minimum absolute atomic E-state index is 0.0541. The lowest BCUT2D eigenvalue weighted by atomic mass is 10.1. The SMILES string of the molecule is CCOC(=O)c1[nH]c(C)c(C(=O)N2CCN(c3ccc([N+](=O)[O-])cc3)CC2)c1C. The van der Waals surface area contributed by atoms with Gasteiger partial charge in [-0.25, -0.2) is 4.79 Å². The molecule has 0 spiro atoms. The van der Waals surface area contributed by atoms with Crippen molar-refractivity contribution in [2.24, 2.45) is 0 Å². The summed E-state index contributed by atoms with van der Waals surface area (Å²) in [4.78, 5) is 42.3. The van der Waals surface area contributed by atoms with Gasteiger partial charge in [-0.15, -0.1) is 0 Å². The summed E-state index contributed by atoms with van der Waals surface area (Å²) in [5.41, 5.74) is 3.02. The van der Waals surface area contributed by atoms with Crippen molar-refractivity contribution in [3.63, 3.8) is 0 Å². The molecule has 2 heterocycles. The van der Waals surface area contributed by atoms with E-state index in [1.165, 1.54) is 12.1 Å². The second kappa shape index (κ2) is 8.34. The maximum atomic E-state index is 13.1. The molecule has 3 rings (SSSR count). The van der Waals surface area contributed by atoms with Crippen LogP contribution in [0.4, 0.5) is 11.4 Å². The Labute approximate surface area is 168 Å². The van der Waals surface area contributed by atoms with Crippen LogP contribution in [0, 0.1) is 24.0 Å². The lowest BCUT2D eigenvalue weighted by molar-refractivity contribution is -0.384. The molecule has 0 atom stereocenters. The summed E-state index contributed by atoms with van der Waals surface area (Å²) in [7, 11) is 0. The summed E-state index contributed by atoms with van der Waals surface area (Å²) in [5.74, 6) is -0.578. The Morgan fingerprint density at radius 2 is 1.76 bits per heavy atom. The van der Waals surface area contributed by atoms with E-state index in [2.05, 4.69) is 9.88 Å². The highest BCUT2D eigenvalue weighted by atomic mass is 16.6. The van der Waals surface area contributed by atoms with Gasteiger partial charge in [-0.05, 0) is 38.5 Å². The van der Waals surface area contributed by atoms with Crippen LogP contribution in [0.2, 0.25) is 0 Å². The molecular weight excluding hydrogens is 376 g/mol. The number of aromatic amines is 1. The van der Waals surface area contributed by atoms with Crippen LogP contribution >= 0.6 is 0 Å². The number of aromatic nitrogens is 1. The Morgan fingerprint density at radius 1 is 1.14 bits per heavy atom. The van der Waals surface area contributed by atoms with E-state index in [0.717, 1.165) is 5.69 Å². The maximum absolute atomic E-state index is 13.1. The Morgan fingerprint density at radius 3 is 2.31 bits per heavy atom. The van der Waals surface area contributed by atoms with Crippen molar-refractivity contribution >= 4 is 23.3 Å². The van der Waals surface area contributed by atoms with Gasteiger partial charge in [0.1, 0.15) is 5.69 Å². The highest BCUT2D eigenvalue weighted by Crippen LogP contribution is 2.24.